The molecule has 188 valence electrons. The van der Waals surface area contributed by atoms with E-state index in [4.69, 9.17) is 9.73 Å². The van der Waals surface area contributed by atoms with Crippen molar-refractivity contribution in [2.75, 3.05) is 32.7 Å². The van der Waals surface area contributed by atoms with E-state index < -0.39 is 5.60 Å². The molecule has 0 bridgehead atoms. The highest BCUT2D eigenvalue weighted by atomic mass is 127. The Morgan fingerprint density at radius 1 is 1.09 bits per heavy atom. The van der Waals surface area contributed by atoms with Crippen molar-refractivity contribution in [1.82, 2.24) is 20.9 Å². The number of nitrogens with one attached hydrogen (secondary N) is 3. The van der Waals surface area contributed by atoms with Gasteiger partial charge in [0.05, 0.1) is 0 Å². The number of rotatable bonds is 7. The highest BCUT2D eigenvalue weighted by molar-refractivity contribution is 14.0. The maximum absolute atomic E-state index is 12.0. The summed E-state index contributed by atoms with van der Waals surface area (Å²) < 4.78 is 5.38. The lowest BCUT2D eigenvalue weighted by atomic mass is 9.91. The van der Waals surface area contributed by atoms with Gasteiger partial charge in [-0.05, 0) is 84.6 Å². The van der Waals surface area contributed by atoms with Gasteiger partial charge < -0.3 is 25.6 Å². The Labute approximate surface area is 213 Å². The summed E-state index contributed by atoms with van der Waals surface area (Å²) in [7, 11) is 0. The molecule has 1 amide bonds. The van der Waals surface area contributed by atoms with Crippen LogP contribution in [-0.2, 0) is 4.74 Å². The third kappa shape index (κ3) is 11.9. The fourth-order valence-electron chi connectivity index (χ4n) is 4.57. The number of carbonyl (C=O) groups is 1. The van der Waals surface area contributed by atoms with Crippen LogP contribution < -0.4 is 16.0 Å². The van der Waals surface area contributed by atoms with E-state index in [9.17, 15) is 4.79 Å². The van der Waals surface area contributed by atoms with Crippen molar-refractivity contribution in [2.24, 2.45) is 16.8 Å². The number of carbonyl (C=O) groups excluding carboxylic acids is 1. The molecule has 1 heterocycles. The Morgan fingerprint density at radius 2 is 1.72 bits per heavy atom. The summed E-state index contributed by atoms with van der Waals surface area (Å²) >= 11 is 0. The van der Waals surface area contributed by atoms with Crippen molar-refractivity contribution in [3.05, 3.63) is 0 Å². The number of alkyl carbamates (subject to hydrolysis) is 1. The first-order valence-electron chi connectivity index (χ1n) is 12.4. The number of likely N-dealkylation sites (tertiary alicyclic amines) is 1. The van der Waals surface area contributed by atoms with E-state index in [-0.39, 0.29) is 36.1 Å². The van der Waals surface area contributed by atoms with Crippen LogP contribution in [0.3, 0.4) is 0 Å². The molecule has 1 unspecified atom stereocenters. The van der Waals surface area contributed by atoms with E-state index in [2.05, 4.69) is 41.6 Å². The predicted molar refractivity (Wildman–Crippen MR) is 144 cm³/mol. The number of guanidine groups is 1. The average molecular weight is 566 g/mol. The number of aliphatic imine (C=N–C) groups is 1. The summed E-state index contributed by atoms with van der Waals surface area (Å²) in [6.45, 7) is 17.7. The van der Waals surface area contributed by atoms with Crippen molar-refractivity contribution >= 4 is 36.0 Å². The van der Waals surface area contributed by atoms with Crippen LogP contribution in [0.5, 0.6) is 0 Å². The maximum Gasteiger partial charge on any atom is 0.407 e. The van der Waals surface area contributed by atoms with Crippen LogP contribution in [0.4, 0.5) is 4.79 Å². The van der Waals surface area contributed by atoms with Crippen LogP contribution in [0.2, 0.25) is 0 Å². The van der Waals surface area contributed by atoms with E-state index in [1.54, 1.807) is 0 Å². The molecule has 3 N–H and O–H groups in total. The quantitative estimate of drug-likeness (QED) is 0.243. The fourth-order valence-corrected chi connectivity index (χ4v) is 4.57. The summed E-state index contributed by atoms with van der Waals surface area (Å²) in [5.74, 6) is 2.31. The second-order valence-corrected chi connectivity index (χ2v) is 10.7. The first-order valence-corrected chi connectivity index (χ1v) is 12.4. The summed E-state index contributed by atoms with van der Waals surface area (Å²) in [4.78, 5) is 19.5. The van der Waals surface area contributed by atoms with Gasteiger partial charge in [0.25, 0.3) is 0 Å². The molecule has 2 fully saturated rings. The Kier molecular flexibility index (Phi) is 13.2. The Bertz CT molecular complexity index is 571. The van der Waals surface area contributed by atoms with Crippen molar-refractivity contribution < 1.29 is 9.53 Å². The molecule has 1 saturated heterocycles. The maximum atomic E-state index is 12.0. The minimum atomic E-state index is -0.454. The van der Waals surface area contributed by atoms with Crippen LogP contribution in [0.25, 0.3) is 0 Å². The zero-order valence-electron chi connectivity index (χ0n) is 21.2. The smallest absolute Gasteiger partial charge is 0.407 e. The molecule has 0 aromatic rings. The molecule has 2 aliphatic rings. The number of nitrogens with zero attached hydrogens (tertiary/aromatic N) is 2. The van der Waals surface area contributed by atoms with Crippen LogP contribution in [-0.4, -0.2) is 67.4 Å². The summed E-state index contributed by atoms with van der Waals surface area (Å²) in [6, 6.07) is 0.597. The van der Waals surface area contributed by atoms with Gasteiger partial charge >= 0.3 is 6.09 Å². The molecule has 1 saturated carbocycles. The SMILES string of the molecule is CCNC(=NCC1CCCN(CC(C)C)C1)NC1CCC(NC(=O)OC(C)(C)C)CC1.I. The number of halogens is 1. The van der Waals surface area contributed by atoms with Crippen molar-refractivity contribution in [3.8, 4) is 0 Å². The third-order valence-electron chi connectivity index (χ3n) is 5.87. The first kappa shape index (κ1) is 29.3. The standard InChI is InChI=1S/C24H47N5O2.HI/c1-7-25-22(26-15-19-9-8-14-29(17-19)16-18(2)3)27-20-10-12-21(13-11-20)28-23(30)31-24(4,5)6;/h18-21H,7-17H2,1-6H3,(H,28,30)(H2,25,26,27);1H. The van der Waals surface area contributed by atoms with Crippen LogP contribution in [0.15, 0.2) is 4.99 Å². The molecule has 1 aliphatic carbocycles. The molecule has 32 heavy (non-hydrogen) atoms. The number of amides is 1. The van der Waals surface area contributed by atoms with Gasteiger partial charge in [-0.15, -0.1) is 24.0 Å². The number of hydrogen-bond donors (Lipinski definition) is 3. The molecule has 1 atom stereocenters. The zero-order valence-corrected chi connectivity index (χ0v) is 23.5. The lowest BCUT2D eigenvalue weighted by Gasteiger charge is -2.33. The van der Waals surface area contributed by atoms with Crippen molar-refractivity contribution in [1.29, 1.82) is 0 Å². The van der Waals surface area contributed by atoms with Gasteiger partial charge in [-0.3, -0.25) is 4.99 Å². The minimum absolute atomic E-state index is 0. The van der Waals surface area contributed by atoms with E-state index in [0.29, 0.717) is 12.0 Å². The molecular weight excluding hydrogens is 517 g/mol. The van der Waals surface area contributed by atoms with Crippen LogP contribution in [0.1, 0.15) is 80.1 Å². The molecule has 8 heteroatoms. The van der Waals surface area contributed by atoms with Crippen LogP contribution in [0, 0.1) is 11.8 Å². The monoisotopic (exact) mass is 565 g/mol. The predicted octanol–water partition coefficient (Wildman–Crippen LogP) is 4.36. The largest absolute Gasteiger partial charge is 0.444 e. The third-order valence-corrected chi connectivity index (χ3v) is 5.87. The molecule has 0 radical (unpaired) electrons. The summed E-state index contributed by atoms with van der Waals surface area (Å²) in [6.07, 6.45) is 6.22. The second-order valence-electron chi connectivity index (χ2n) is 10.7. The Hall–Kier alpha value is -0.770. The highest BCUT2D eigenvalue weighted by Crippen LogP contribution is 2.20. The van der Waals surface area contributed by atoms with Gasteiger partial charge in [-0.1, -0.05) is 13.8 Å². The summed E-state index contributed by atoms with van der Waals surface area (Å²) in [5.41, 5.74) is -0.454. The van der Waals surface area contributed by atoms with Crippen LogP contribution >= 0.6 is 24.0 Å². The van der Waals surface area contributed by atoms with E-state index in [1.807, 2.05) is 20.8 Å². The normalized spacial score (nSPS) is 25.1. The Balaban J connectivity index is 0.00000512. The molecule has 7 nitrogen and oxygen atoms in total. The zero-order chi connectivity index (χ0) is 22.9. The highest BCUT2D eigenvalue weighted by Gasteiger charge is 2.25. The van der Waals surface area contributed by atoms with Crippen molar-refractivity contribution in [2.45, 2.75) is 97.8 Å². The minimum Gasteiger partial charge on any atom is -0.444 e. The van der Waals surface area contributed by atoms with Crippen molar-refractivity contribution in [3.63, 3.8) is 0 Å². The molecule has 0 spiro atoms. The number of ether oxygens (including phenoxy) is 1. The molecule has 2 rings (SSSR count). The molecular formula is C24H48IN5O2. The average Bonchev–Trinajstić information content (AvgIpc) is 2.66. The van der Waals surface area contributed by atoms with E-state index >= 15 is 0 Å². The number of piperidine rings is 1. The van der Waals surface area contributed by atoms with Gasteiger partial charge in [0.2, 0.25) is 0 Å². The Morgan fingerprint density at radius 3 is 2.28 bits per heavy atom. The molecule has 1 aliphatic heterocycles. The fraction of sp³-hybridized carbons (Fsp3) is 0.917. The molecule has 0 aromatic heterocycles. The van der Waals surface area contributed by atoms with Gasteiger partial charge in [-0.2, -0.15) is 0 Å². The number of hydrogen-bond acceptors (Lipinski definition) is 4. The van der Waals surface area contributed by atoms with Gasteiger partial charge in [-0.25, -0.2) is 4.79 Å². The summed E-state index contributed by atoms with van der Waals surface area (Å²) in [5, 5.41) is 10.1. The topological polar surface area (TPSA) is 78.0 Å². The van der Waals surface area contributed by atoms with Gasteiger partial charge in [0, 0.05) is 38.3 Å². The lowest BCUT2D eigenvalue weighted by Crippen LogP contribution is -2.48. The molecule has 0 aromatic carbocycles. The van der Waals surface area contributed by atoms with E-state index in [1.165, 1.54) is 32.5 Å². The lowest BCUT2D eigenvalue weighted by molar-refractivity contribution is 0.0490. The second kappa shape index (κ2) is 14.5. The van der Waals surface area contributed by atoms with Gasteiger partial charge in [0.15, 0.2) is 5.96 Å². The first-order chi connectivity index (χ1) is 14.6. The van der Waals surface area contributed by atoms with E-state index in [0.717, 1.165) is 50.7 Å². The van der Waals surface area contributed by atoms with Gasteiger partial charge in [0.1, 0.15) is 5.60 Å².